The minimum atomic E-state index is 0.159. The number of amides is 1. The molecular weight excluding hydrogens is 278 g/mol. The second kappa shape index (κ2) is 5.91. The summed E-state index contributed by atoms with van der Waals surface area (Å²) in [6, 6.07) is 3.75. The Labute approximate surface area is 130 Å². The quantitative estimate of drug-likeness (QED) is 0.842. The van der Waals surface area contributed by atoms with Crippen molar-refractivity contribution in [2.75, 3.05) is 31.1 Å². The Bertz CT molecular complexity index is 611. The number of carbonyl (C=O) groups excluding carboxylic acids is 1. The SMILES string of the molecule is Cc1cc(C#N)nc(N2CCN(C(=O)C(C)C3CC3)CC2)n1. The molecule has 1 saturated heterocycles. The highest BCUT2D eigenvalue weighted by molar-refractivity contribution is 5.79. The zero-order valence-electron chi connectivity index (χ0n) is 13.1. The highest BCUT2D eigenvalue weighted by Gasteiger charge is 2.35. The van der Waals surface area contributed by atoms with Crippen molar-refractivity contribution < 1.29 is 4.79 Å². The van der Waals surface area contributed by atoms with E-state index in [0.29, 0.717) is 30.6 Å². The molecule has 1 saturated carbocycles. The van der Waals surface area contributed by atoms with E-state index in [-0.39, 0.29) is 11.8 Å². The van der Waals surface area contributed by atoms with Gasteiger partial charge in [-0.1, -0.05) is 6.92 Å². The molecule has 3 rings (SSSR count). The van der Waals surface area contributed by atoms with Crippen molar-refractivity contribution >= 4 is 11.9 Å². The van der Waals surface area contributed by atoms with Crippen LogP contribution in [0.25, 0.3) is 0 Å². The molecular formula is C16H21N5O. The fraction of sp³-hybridized carbons (Fsp3) is 0.625. The maximum atomic E-state index is 12.4. The fourth-order valence-electron chi connectivity index (χ4n) is 2.96. The van der Waals surface area contributed by atoms with Crippen molar-refractivity contribution in [3.8, 4) is 6.07 Å². The molecule has 1 aromatic heterocycles. The number of carbonyl (C=O) groups is 1. The number of aromatic nitrogens is 2. The van der Waals surface area contributed by atoms with Crippen LogP contribution in [-0.2, 0) is 4.79 Å². The summed E-state index contributed by atoms with van der Waals surface area (Å²) in [5.41, 5.74) is 1.19. The Morgan fingerprint density at radius 3 is 2.59 bits per heavy atom. The van der Waals surface area contributed by atoms with E-state index < -0.39 is 0 Å². The van der Waals surface area contributed by atoms with Crippen molar-refractivity contribution in [1.29, 1.82) is 5.26 Å². The van der Waals surface area contributed by atoms with Crippen LogP contribution in [0.15, 0.2) is 6.07 Å². The lowest BCUT2D eigenvalue weighted by molar-refractivity contribution is -0.135. The zero-order valence-corrected chi connectivity index (χ0v) is 13.1. The average Bonchev–Trinajstić information content (AvgIpc) is 3.38. The molecule has 1 aliphatic carbocycles. The monoisotopic (exact) mass is 299 g/mol. The third-order valence-corrected chi connectivity index (χ3v) is 4.55. The minimum Gasteiger partial charge on any atom is -0.339 e. The van der Waals surface area contributed by atoms with Gasteiger partial charge in [-0.3, -0.25) is 4.79 Å². The van der Waals surface area contributed by atoms with Gasteiger partial charge in [-0.2, -0.15) is 5.26 Å². The van der Waals surface area contributed by atoms with Gasteiger partial charge in [0.05, 0.1) is 0 Å². The van der Waals surface area contributed by atoms with Gasteiger partial charge in [0.2, 0.25) is 11.9 Å². The van der Waals surface area contributed by atoms with Crippen LogP contribution in [0.4, 0.5) is 5.95 Å². The summed E-state index contributed by atoms with van der Waals surface area (Å²) < 4.78 is 0. The molecule has 2 fully saturated rings. The van der Waals surface area contributed by atoms with Gasteiger partial charge in [-0.25, -0.2) is 9.97 Å². The minimum absolute atomic E-state index is 0.159. The van der Waals surface area contributed by atoms with Crippen LogP contribution >= 0.6 is 0 Å². The maximum Gasteiger partial charge on any atom is 0.226 e. The Kier molecular flexibility index (Phi) is 3.97. The first-order valence-electron chi connectivity index (χ1n) is 7.88. The second-order valence-electron chi connectivity index (χ2n) is 6.24. The molecule has 1 unspecified atom stereocenters. The third kappa shape index (κ3) is 3.03. The van der Waals surface area contributed by atoms with Gasteiger partial charge in [0.25, 0.3) is 0 Å². The zero-order chi connectivity index (χ0) is 15.7. The van der Waals surface area contributed by atoms with Gasteiger partial charge in [-0.15, -0.1) is 0 Å². The van der Waals surface area contributed by atoms with Gasteiger partial charge < -0.3 is 9.80 Å². The summed E-state index contributed by atoms with van der Waals surface area (Å²) in [6.07, 6.45) is 2.39. The maximum absolute atomic E-state index is 12.4. The molecule has 116 valence electrons. The van der Waals surface area contributed by atoms with Crippen LogP contribution in [0, 0.1) is 30.1 Å². The van der Waals surface area contributed by atoms with E-state index in [9.17, 15) is 4.79 Å². The number of nitrogens with zero attached hydrogens (tertiary/aromatic N) is 5. The van der Waals surface area contributed by atoms with Gasteiger partial charge in [0.15, 0.2) is 0 Å². The van der Waals surface area contributed by atoms with E-state index >= 15 is 0 Å². The molecule has 1 aromatic rings. The molecule has 0 spiro atoms. The summed E-state index contributed by atoms with van der Waals surface area (Å²) in [5, 5.41) is 9.01. The van der Waals surface area contributed by atoms with Gasteiger partial charge >= 0.3 is 0 Å². The number of nitriles is 1. The lowest BCUT2D eigenvalue weighted by Crippen LogP contribution is -2.50. The first-order chi connectivity index (χ1) is 10.6. The molecule has 0 aromatic carbocycles. The van der Waals surface area contributed by atoms with E-state index in [0.717, 1.165) is 18.8 Å². The standard InChI is InChI=1S/C16H21N5O/c1-11-9-14(10-17)19-16(18-11)21-7-5-20(6-8-21)15(22)12(2)13-3-4-13/h9,12-13H,3-8H2,1-2H3. The van der Waals surface area contributed by atoms with Crippen molar-refractivity contribution in [3.05, 3.63) is 17.5 Å². The lowest BCUT2D eigenvalue weighted by atomic mass is 10.0. The molecule has 1 aliphatic heterocycles. The van der Waals surface area contributed by atoms with Crippen LogP contribution in [-0.4, -0.2) is 47.0 Å². The van der Waals surface area contributed by atoms with Crippen molar-refractivity contribution in [3.63, 3.8) is 0 Å². The number of anilines is 1. The van der Waals surface area contributed by atoms with E-state index in [4.69, 9.17) is 5.26 Å². The van der Waals surface area contributed by atoms with Gasteiger partial charge in [-0.05, 0) is 31.7 Å². The number of hydrogen-bond donors (Lipinski definition) is 0. The van der Waals surface area contributed by atoms with E-state index in [1.54, 1.807) is 6.07 Å². The molecule has 2 aliphatic rings. The van der Waals surface area contributed by atoms with Gasteiger partial charge in [0.1, 0.15) is 11.8 Å². The topological polar surface area (TPSA) is 73.1 Å². The average molecular weight is 299 g/mol. The molecule has 6 nitrogen and oxygen atoms in total. The van der Waals surface area contributed by atoms with E-state index in [1.165, 1.54) is 12.8 Å². The summed E-state index contributed by atoms with van der Waals surface area (Å²) in [4.78, 5) is 25.1. The number of hydrogen-bond acceptors (Lipinski definition) is 5. The molecule has 22 heavy (non-hydrogen) atoms. The first kappa shape index (κ1) is 14.8. The van der Waals surface area contributed by atoms with Crippen LogP contribution in [0.5, 0.6) is 0 Å². The Balaban J connectivity index is 1.63. The van der Waals surface area contributed by atoms with E-state index in [1.807, 2.05) is 11.8 Å². The van der Waals surface area contributed by atoms with Crippen LogP contribution in [0.1, 0.15) is 31.2 Å². The number of aryl methyl sites for hydroxylation is 1. The number of piperazine rings is 1. The highest BCUT2D eigenvalue weighted by Crippen LogP contribution is 2.37. The van der Waals surface area contributed by atoms with E-state index in [2.05, 4.69) is 27.9 Å². The van der Waals surface area contributed by atoms with Crippen molar-refractivity contribution in [2.45, 2.75) is 26.7 Å². The third-order valence-electron chi connectivity index (χ3n) is 4.55. The molecule has 1 amide bonds. The molecule has 0 bridgehead atoms. The molecule has 0 N–H and O–H groups in total. The number of rotatable bonds is 3. The van der Waals surface area contributed by atoms with Crippen LogP contribution in [0.3, 0.4) is 0 Å². The highest BCUT2D eigenvalue weighted by atomic mass is 16.2. The smallest absolute Gasteiger partial charge is 0.226 e. The molecule has 6 heteroatoms. The summed E-state index contributed by atoms with van der Waals surface area (Å²) in [7, 11) is 0. The van der Waals surface area contributed by atoms with Crippen LogP contribution < -0.4 is 4.90 Å². The predicted octanol–water partition coefficient (Wildman–Crippen LogP) is 1.35. The summed E-state index contributed by atoms with van der Waals surface area (Å²) in [6.45, 7) is 6.76. The second-order valence-corrected chi connectivity index (χ2v) is 6.24. The molecule has 0 radical (unpaired) electrons. The summed E-state index contributed by atoms with van der Waals surface area (Å²) >= 11 is 0. The first-order valence-corrected chi connectivity index (χ1v) is 7.88. The normalized spacial score (nSPS) is 19.7. The predicted molar refractivity (Wildman–Crippen MR) is 82.2 cm³/mol. The lowest BCUT2D eigenvalue weighted by Gasteiger charge is -2.36. The molecule has 1 atom stereocenters. The Hall–Kier alpha value is -2.16. The van der Waals surface area contributed by atoms with Gasteiger partial charge in [0, 0.05) is 37.8 Å². The fourth-order valence-corrected chi connectivity index (χ4v) is 2.96. The Morgan fingerprint density at radius 2 is 2.00 bits per heavy atom. The largest absolute Gasteiger partial charge is 0.339 e. The summed E-state index contributed by atoms with van der Waals surface area (Å²) in [5.74, 6) is 1.64. The van der Waals surface area contributed by atoms with Crippen molar-refractivity contribution in [2.24, 2.45) is 11.8 Å². The Morgan fingerprint density at radius 1 is 1.32 bits per heavy atom. The van der Waals surface area contributed by atoms with Crippen molar-refractivity contribution in [1.82, 2.24) is 14.9 Å². The van der Waals surface area contributed by atoms with Crippen LogP contribution in [0.2, 0.25) is 0 Å². The molecule has 2 heterocycles.